The largest absolute Gasteiger partial charge is 0.496 e. The van der Waals surface area contributed by atoms with E-state index in [1.165, 1.54) is 28.7 Å². The molecule has 0 aliphatic heterocycles. The first-order chi connectivity index (χ1) is 21.1. The number of carbonyl (C=O) groups excluding carboxylic acids is 1. The molecule has 2 saturated carbocycles. The van der Waals surface area contributed by atoms with Crippen LogP contribution in [0.2, 0.25) is 0 Å². The van der Waals surface area contributed by atoms with Crippen LogP contribution in [-0.2, 0) is 14.6 Å². The van der Waals surface area contributed by atoms with Crippen molar-refractivity contribution in [2.75, 3.05) is 37.7 Å². The lowest BCUT2D eigenvalue weighted by Gasteiger charge is -2.36. The van der Waals surface area contributed by atoms with E-state index in [2.05, 4.69) is 53.2 Å². The number of thiazole rings is 1. The Morgan fingerprint density at radius 2 is 1.68 bits per heavy atom. The number of rotatable bonds is 11. The number of aryl methyl sites for hydroxylation is 1. The second-order valence-electron chi connectivity index (χ2n) is 12.8. The Bertz CT molecular complexity index is 1520. The smallest absolute Gasteiger partial charge is 0.273 e. The Balaban J connectivity index is 1.30. The normalized spacial score (nSPS) is 22.4. The van der Waals surface area contributed by atoms with Crippen LogP contribution in [0.15, 0.2) is 48.7 Å². The van der Waals surface area contributed by atoms with Gasteiger partial charge in [-0.05, 0) is 117 Å². The Kier molecular flexibility index (Phi) is 10.7. The van der Waals surface area contributed by atoms with Crippen LogP contribution < -0.4 is 14.4 Å². The Morgan fingerprint density at radius 3 is 2.32 bits per heavy atom. The summed E-state index contributed by atoms with van der Waals surface area (Å²) in [5, 5.41) is 0.620. The zero-order valence-electron chi connectivity index (χ0n) is 26.5. The van der Waals surface area contributed by atoms with Crippen molar-refractivity contribution < 1.29 is 22.7 Å². The lowest BCUT2D eigenvalue weighted by atomic mass is 9.77. The van der Waals surface area contributed by atoms with E-state index in [1.54, 1.807) is 14.2 Å². The molecule has 3 aromatic rings. The number of sulfone groups is 1. The Hall–Kier alpha value is -2.91. The second kappa shape index (κ2) is 14.5. The molecular formula is C35H46N2O5S2. The van der Waals surface area contributed by atoms with Gasteiger partial charge in [0.25, 0.3) is 5.19 Å². The van der Waals surface area contributed by atoms with Gasteiger partial charge in [0, 0.05) is 30.6 Å². The van der Waals surface area contributed by atoms with E-state index in [9.17, 15) is 13.2 Å². The Labute approximate surface area is 266 Å². The number of hydrogen-bond donors (Lipinski definition) is 0. The highest BCUT2D eigenvalue weighted by Gasteiger charge is 2.33. The maximum Gasteiger partial charge on any atom is 0.273 e. The summed E-state index contributed by atoms with van der Waals surface area (Å²) in [6, 6.07) is 14.8. The molecule has 9 heteroatoms. The molecule has 2 aliphatic carbocycles. The van der Waals surface area contributed by atoms with Crippen LogP contribution in [0.3, 0.4) is 0 Å². The number of benzene rings is 2. The number of methoxy groups -OCH3 is 2. The van der Waals surface area contributed by atoms with Gasteiger partial charge in [-0.2, -0.15) is 0 Å². The lowest BCUT2D eigenvalue weighted by molar-refractivity contribution is -0.123. The van der Waals surface area contributed by atoms with Crippen LogP contribution in [0.1, 0.15) is 74.8 Å². The predicted molar refractivity (Wildman–Crippen MR) is 179 cm³/mol. The van der Waals surface area contributed by atoms with Gasteiger partial charge >= 0.3 is 0 Å². The summed E-state index contributed by atoms with van der Waals surface area (Å²) in [6.45, 7) is 2.82. The fraction of sp³-hybridized carbons (Fsp3) is 0.543. The average Bonchev–Trinajstić information content (AvgIpc) is 3.52. The molecule has 1 aromatic heterocycles. The summed E-state index contributed by atoms with van der Waals surface area (Å²) >= 11 is 1.50. The second-order valence-corrected chi connectivity index (χ2v) is 16.0. The fourth-order valence-electron chi connectivity index (χ4n) is 7.03. The van der Waals surface area contributed by atoms with E-state index in [0.717, 1.165) is 79.8 Å². The standard InChI is InChI=1S/C35H46N2O5S2/c1-24-20-29(16-17-32(24)41-2)27-12-10-26(11-13-27)23-37(31-7-5-6-30(21-31)33-22-36-35(42-3)43-33)34(38)28-14-8-25(9-15-28)18-19-44(4,39)40/h5-7,16-17,20-22,25-28H,8-15,18-19,23H2,1-4H3. The van der Waals surface area contributed by atoms with Gasteiger partial charge in [-0.3, -0.25) is 4.79 Å². The van der Waals surface area contributed by atoms with Crippen LogP contribution in [-0.4, -0.2) is 52.1 Å². The van der Waals surface area contributed by atoms with Crippen molar-refractivity contribution in [2.24, 2.45) is 17.8 Å². The highest BCUT2D eigenvalue weighted by atomic mass is 32.2. The van der Waals surface area contributed by atoms with Crippen molar-refractivity contribution >= 4 is 32.8 Å². The molecule has 0 N–H and O–H groups in total. The molecule has 0 radical (unpaired) electrons. The summed E-state index contributed by atoms with van der Waals surface area (Å²) in [7, 11) is 0.376. The van der Waals surface area contributed by atoms with Crippen molar-refractivity contribution in [3.63, 3.8) is 0 Å². The third-order valence-corrected chi connectivity index (χ3v) is 11.6. The number of carbonyl (C=O) groups is 1. The van der Waals surface area contributed by atoms with Crippen LogP contribution in [0.25, 0.3) is 10.4 Å². The van der Waals surface area contributed by atoms with E-state index >= 15 is 0 Å². The number of hydrogen-bond acceptors (Lipinski definition) is 7. The zero-order chi connectivity index (χ0) is 31.3. The highest BCUT2D eigenvalue weighted by molar-refractivity contribution is 7.90. The van der Waals surface area contributed by atoms with Crippen LogP contribution in [0.4, 0.5) is 5.69 Å². The van der Waals surface area contributed by atoms with Crippen molar-refractivity contribution in [2.45, 2.75) is 70.6 Å². The third-order valence-electron chi connectivity index (χ3n) is 9.64. The molecule has 0 saturated heterocycles. The maximum atomic E-state index is 14.3. The first kappa shape index (κ1) is 32.5. The van der Waals surface area contributed by atoms with Crippen LogP contribution >= 0.6 is 11.3 Å². The third kappa shape index (κ3) is 8.21. The molecular weight excluding hydrogens is 593 g/mol. The van der Waals surface area contributed by atoms with Crippen LogP contribution in [0, 0.1) is 24.7 Å². The van der Waals surface area contributed by atoms with Gasteiger partial charge in [-0.1, -0.05) is 35.6 Å². The molecule has 0 atom stereocenters. The zero-order valence-corrected chi connectivity index (χ0v) is 28.1. The van der Waals surface area contributed by atoms with Crippen LogP contribution in [0.5, 0.6) is 10.9 Å². The van der Waals surface area contributed by atoms with Gasteiger partial charge in [-0.15, -0.1) is 0 Å². The molecule has 1 heterocycles. The maximum absolute atomic E-state index is 14.3. The monoisotopic (exact) mass is 638 g/mol. The number of aromatic nitrogens is 1. The van der Waals surface area contributed by atoms with E-state index in [4.69, 9.17) is 9.47 Å². The summed E-state index contributed by atoms with van der Waals surface area (Å²) in [5.74, 6) is 2.69. The summed E-state index contributed by atoms with van der Waals surface area (Å²) in [6.07, 6.45) is 11.7. The number of anilines is 1. The lowest BCUT2D eigenvalue weighted by Crippen LogP contribution is -2.41. The molecule has 238 valence electrons. The quantitative estimate of drug-likeness (QED) is 0.214. The molecule has 5 rings (SSSR count). The first-order valence-electron chi connectivity index (χ1n) is 15.9. The van der Waals surface area contributed by atoms with Gasteiger partial charge in [0.1, 0.15) is 15.6 Å². The molecule has 44 heavy (non-hydrogen) atoms. The molecule has 2 fully saturated rings. The van der Waals surface area contributed by atoms with Gasteiger partial charge in [0.15, 0.2) is 0 Å². The SMILES string of the molecule is COc1ncc(-c2cccc(N(CC3CCC(c4ccc(OC)c(C)c4)CC3)C(=O)C3CCC(CCS(C)(=O)=O)CC3)c2)s1. The van der Waals surface area contributed by atoms with E-state index in [-0.39, 0.29) is 17.6 Å². The molecule has 0 unspecified atom stereocenters. The number of nitrogens with zero attached hydrogens (tertiary/aromatic N) is 2. The minimum Gasteiger partial charge on any atom is -0.496 e. The molecule has 7 nitrogen and oxygen atoms in total. The van der Waals surface area contributed by atoms with E-state index < -0.39 is 9.84 Å². The molecule has 0 bridgehead atoms. The first-order valence-corrected chi connectivity index (χ1v) is 18.7. The van der Waals surface area contributed by atoms with E-state index in [1.807, 2.05) is 12.3 Å². The summed E-state index contributed by atoms with van der Waals surface area (Å²) in [5.41, 5.74) is 4.53. The van der Waals surface area contributed by atoms with E-state index in [0.29, 0.717) is 29.4 Å². The van der Waals surface area contributed by atoms with Gasteiger partial charge in [-0.25, -0.2) is 13.4 Å². The summed E-state index contributed by atoms with van der Waals surface area (Å²) in [4.78, 5) is 21.7. The van der Waals surface area contributed by atoms with Crippen molar-refractivity contribution in [3.05, 3.63) is 59.8 Å². The number of amides is 1. The van der Waals surface area contributed by atoms with Gasteiger partial charge in [0.05, 0.1) is 24.8 Å². The minimum atomic E-state index is -2.97. The van der Waals surface area contributed by atoms with Gasteiger partial charge < -0.3 is 14.4 Å². The fourth-order valence-corrected chi connectivity index (χ4v) is 8.52. The van der Waals surface area contributed by atoms with Crippen molar-refractivity contribution in [3.8, 4) is 21.4 Å². The topological polar surface area (TPSA) is 85.8 Å². The van der Waals surface area contributed by atoms with Crippen molar-refractivity contribution in [1.29, 1.82) is 0 Å². The predicted octanol–water partition coefficient (Wildman–Crippen LogP) is 7.68. The average molecular weight is 639 g/mol. The minimum absolute atomic E-state index is 0.0322. The highest BCUT2D eigenvalue weighted by Crippen LogP contribution is 2.40. The number of ether oxygens (including phenoxy) is 2. The molecule has 2 aromatic carbocycles. The molecule has 0 spiro atoms. The summed E-state index contributed by atoms with van der Waals surface area (Å²) < 4.78 is 34.2. The molecule has 2 aliphatic rings. The molecule has 1 amide bonds. The van der Waals surface area contributed by atoms with Crippen molar-refractivity contribution in [1.82, 2.24) is 4.98 Å². The van der Waals surface area contributed by atoms with Gasteiger partial charge in [0.2, 0.25) is 5.91 Å². The Morgan fingerprint density at radius 1 is 0.955 bits per heavy atom.